The van der Waals surface area contributed by atoms with Crippen molar-refractivity contribution in [3.05, 3.63) is 16.9 Å². The van der Waals surface area contributed by atoms with Crippen LogP contribution in [0, 0.1) is 0 Å². The van der Waals surface area contributed by atoms with Crippen molar-refractivity contribution in [2.45, 2.75) is 32.4 Å². The van der Waals surface area contributed by atoms with Crippen molar-refractivity contribution in [1.82, 2.24) is 15.3 Å². The van der Waals surface area contributed by atoms with Crippen molar-refractivity contribution < 1.29 is 9.53 Å². The highest BCUT2D eigenvalue weighted by Crippen LogP contribution is 2.17. The molecule has 0 unspecified atom stereocenters. The molecule has 1 aliphatic rings. The lowest BCUT2D eigenvalue weighted by Crippen LogP contribution is -2.60. The Morgan fingerprint density at radius 2 is 2.00 bits per heavy atom. The van der Waals surface area contributed by atoms with Gasteiger partial charge in [0.2, 0.25) is 5.95 Å². The molecule has 1 aromatic heterocycles. The molecule has 1 N–H and O–H groups in total. The van der Waals surface area contributed by atoms with E-state index in [0.717, 1.165) is 4.47 Å². The van der Waals surface area contributed by atoms with Crippen molar-refractivity contribution in [3.8, 4) is 0 Å². The standard InChI is InChI=1S/C12H17BrN4O2/c1-12(2,3)19-11(18)16-9-6-17(7-9)10-14-4-8(13)5-15-10/h4-5,9H,6-7H2,1-3H3,(H,16,18). The van der Waals surface area contributed by atoms with Crippen LogP contribution in [0.15, 0.2) is 16.9 Å². The van der Waals surface area contributed by atoms with Crippen LogP contribution in [0.25, 0.3) is 0 Å². The van der Waals surface area contributed by atoms with E-state index in [9.17, 15) is 4.79 Å². The van der Waals surface area contributed by atoms with Gasteiger partial charge in [-0.2, -0.15) is 0 Å². The number of anilines is 1. The molecular formula is C12H17BrN4O2. The van der Waals surface area contributed by atoms with Gasteiger partial charge in [-0.05, 0) is 36.7 Å². The number of aromatic nitrogens is 2. The largest absolute Gasteiger partial charge is 0.444 e. The van der Waals surface area contributed by atoms with E-state index < -0.39 is 5.60 Å². The van der Waals surface area contributed by atoms with E-state index in [0.29, 0.717) is 19.0 Å². The summed E-state index contributed by atoms with van der Waals surface area (Å²) in [5, 5.41) is 2.82. The Balaban J connectivity index is 1.77. The van der Waals surface area contributed by atoms with E-state index in [1.54, 1.807) is 12.4 Å². The molecule has 104 valence electrons. The molecule has 1 fully saturated rings. The third-order valence-electron chi connectivity index (χ3n) is 2.49. The van der Waals surface area contributed by atoms with Gasteiger partial charge in [0.1, 0.15) is 5.60 Å². The molecule has 2 rings (SSSR count). The van der Waals surface area contributed by atoms with Gasteiger partial charge in [-0.3, -0.25) is 0 Å². The third-order valence-corrected chi connectivity index (χ3v) is 2.90. The number of carbonyl (C=O) groups excluding carboxylic acids is 1. The molecule has 0 saturated carbocycles. The molecule has 0 bridgehead atoms. The van der Waals surface area contributed by atoms with Crippen LogP contribution in [0.1, 0.15) is 20.8 Å². The Kier molecular flexibility index (Phi) is 3.93. The Morgan fingerprint density at radius 1 is 1.42 bits per heavy atom. The minimum absolute atomic E-state index is 0.0853. The van der Waals surface area contributed by atoms with Crippen molar-refractivity contribution in [3.63, 3.8) is 0 Å². The van der Waals surface area contributed by atoms with Gasteiger partial charge >= 0.3 is 6.09 Å². The highest BCUT2D eigenvalue weighted by Gasteiger charge is 2.31. The second kappa shape index (κ2) is 5.32. The predicted molar refractivity (Wildman–Crippen MR) is 75.1 cm³/mol. The number of ether oxygens (including phenoxy) is 1. The van der Waals surface area contributed by atoms with Crippen molar-refractivity contribution >= 4 is 28.0 Å². The summed E-state index contributed by atoms with van der Waals surface area (Å²) in [6.07, 6.45) is 3.03. The van der Waals surface area contributed by atoms with E-state index >= 15 is 0 Å². The highest BCUT2D eigenvalue weighted by molar-refractivity contribution is 9.10. The first-order valence-corrected chi connectivity index (χ1v) is 6.85. The van der Waals surface area contributed by atoms with Crippen LogP contribution in [0.2, 0.25) is 0 Å². The lowest BCUT2D eigenvalue weighted by molar-refractivity contribution is 0.0495. The Morgan fingerprint density at radius 3 is 2.53 bits per heavy atom. The summed E-state index contributed by atoms with van der Waals surface area (Å²) in [5.41, 5.74) is -0.470. The first-order chi connectivity index (χ1) is 8.83. The summed E-state index contributed by atoms with van der Waals surface area (Å²) in [6, 6.07) is 0.0853. The molecule has 0 atom stereocenters. The highest BCUT2D eigenvalue weighted by atomic mass is 79.9. The van der Waals surface area contributed by atoms with Crippen LogP contribution in [0.4, 0.5) is 10.7 Å². The molecule has 6 nitrogen and oxygen atoms in total. The van der Waals surface area contributed by atoms with Crippen LogP contribution in [-0.2, 0) is 4.74 Å². The molecular weight excluding hydrogens is 312 g/mol. The van der Waals surface area contributed by atoms with Gasteiger partial charge in [-0.25, -0.2) is 14.8 Å². The minimum atomic E-state index is -0.470. The van der Waals surface area contributed by atoms with E-state index in [1.165, 1.54) is 0 Å². The number of alkyl carbamates (subject to hydrolysis) is 1. The fourth-order valence-electron chi connectivity index (χ4n) is 1.68. The van der Waals surface area contributed by atoms with Gasteiger partial charge in [0.05, 0.1) is 10.5 Å². The van der Waals surface area contributed by atoms with E-state index in [-0.39, 0.29) is 12.1 Å². The molecule has 7 heteroatoms. The second-order valence-corrected chi connectivity index (χ2v) is 6.37. The van der Waals surface area contributed by atoms with E-state index in [4.69, 9.17) is 4.74 Å². The first kappa shape index (κ1) is 14.0. The predicted octanol–water partition coefficient (Wildman–Crippen LogP) is 1.95. The van der Waals surface area contributed by atoms with Crippen LogP contribution >= 0.6 is 15.9 Å². The van der Waals surface area contributed by atoms with Crippen LogP contribution in [0.5, 0.6) is 0 Å². The summed E-state index contributed by atoms with van der Waals surface area (Å²) in [7, 11) is 0. The van der Waals surface area contributed by atoms with Crippen molar-refractivity contribution in [2.75, 3.05) is 18.0 Å². The summed E-state index contributed by atoms with van der Waals surface area (Å²) < 4.78 is 6.04. The molecule has 2 heterocycles. The van der Waals surface area contributed by atoms with Gasteiger partial charge in [0.15, 0.2) is 0 Å². The summed E-state index contributed by atoms with van der Waals surface area (Å²) in [5.74, 6) is 0.672. The Hall–Kier alpha value is -1.37. The number of hydrogen-bond acceptors (Lipinski definition) is 5. The van der Waals surface area contributed by atoms with Crippen LogP contribution < -0.4 is 10.2 Å². The average Bonchev–Trinajstić information content (AvgIpc) is 2.22. The van der Waals surface area contributed by atoms with Gasteiger partial charge in [-0.15, -0.1) is 0 Å². The zero-order valence-electron chi connectivity index (χ0n) is 11.2. The van der Waals surface area contributed by atoms with Crippen LogP contribution in [-0.4, -0.2) is 40.8 Å². The monoisotopic (exact) mass is 328 g/mol. The SMILES string of the molecule is CC(C)(C)OC(=O)NC1CN(c2ncc(Br)cn2)C1. The zero-order valence-corrected chi connectivity index (χ0v) is 12.8. The number of amides is 1. The van der Waals surface area contributed by atoms with E-state index in [1.807, 2.05) is 25.7 Å². The fraction of sp³-hybridized carbons (Fsp3) is 0.583. The normalized spacial score (nSPS) is 15.9. The van der Waals surface area contributed by atoms with Crippen molar-refractivity contribution in [1.29, 1.82) is 0 Å². The average molecular weight is 329 g/mol. The van der Waals surface area contributed by atoms with E-state index in [2.05, 4.69) is 31.2 Å². The Bertz CT molecular complexity index is 452. The van der Waals surface area contributed by atoms with Crippen molar-refractivity contribution in [2.24, 2.45) is 0 Å². The van der Waals surface area contributed by atoms with Gasteiger partial charge in [-0.1, -0.05) is 0 Å². The lowest BCUT2D eigenvalue weighted by atomic mass is 10.1. The second-order valence-electron chi connectivity index (χ2n) is 5.45. The Labute approximate surface area is 120 Å². The zero-order chi connectivity index (χ0) is 14.0. The number of nitrogens with zero attached hydrogens (tertiary/aromatic N) is 3. The maximum atomic E-state index is 11.6. The molecule has 19 heavy (non-hydrogen) atoms. The molecule has 1 aliphatic heterocycles. The number of halogens is 1. The maximum Gasteiger partial charge on any atom is 0.407 e. The van der Waals surface area contributed by atoms with Gasteiger partial charge < -0.3 is 15.0 Å². The molecule has 1 amide bonds. The first-order valence-electron chi connectivity index (χ1n) is 6.05. The molecule has 0 spiro atoms. The fourth-order valence-corrected chi connectivity index (χ4v) is 1.88. The van der Waals surface area contributed by atoms with Gasteiger partial charge in [0.25, 0.3) is 0 Å². The van der Waals surface area contributed by atoms with Gasteiger partial charge in [0, 0.05) is 25.5 Å². The number of carbonyl (C=O) groups is 1. The summed E-state index contributed by atoms with van der Waals surface area (Å²) in [4.78, 5) is 21.9. The molecule has 1 saturated heterocycles. The number of rotatable bonds is 2. The molecule has 0 aliphatic carbocycles. The molecule has 1 aromatic rings. The molecule has 0 radical (unpaired) electrons. The summed E-state index contributed by atoms with van der Waals surface area (Å²) >= 11 is 3.29. The smallest absolute Gasteiger partial charge is 0.407 e. The number of nitrogens with one attached hydrogen (secondary N) is 1. The van der Waals surface area contributed by atoms with Crippen LogP contribution in [0.3, 0.4) is 0 Å². The number of hydrogen-bond donors (Lipinski definition) is 1. The quantitative estimate of drug-likeness (QED) is 0.898. The third kappa shape index (κ3) is 4.05. The lowest BCUT2D eigenvalue weighted by Gasteiger charge is -2.39. The minimum Gasteiger partial charge on any atom is -0.444 e. The topological polar surface area (TPSA) is 67.3 Å². The molecule has 0 aromatic carbocycles. The summed E-state index contributed by atoms with van der Waals surface area (Å²) in [6.45, 7) is 6.92. The maximum absolute atomic E-state index is 11.6.